The van der Waals surface area contributed by atoms with Crippen molar-refractivity contribution in [2.24, 2.45) is 5.92 Å². The van der Waals surface area contributed by atoms with Crippen molar-refractivity contribution in [2.75, 3.05) is 18.4 Å². The second kappa shape index (κ2) is 9.53. The van der Waals surface area contributed by atoms with Crippen LogP contribution in [0.2, 0.25) is 0 Å². The van der Waals surface area contributed by atoms with E-state index in [1.165, 1.54) is 21.8 Å². The van der Waals surface area contributed by atoms with Gasteiger partial charge in [-0.25, -0.2) is 9.67 Å². The molecule has 1 aliphatic heterocycles. The van der Waals surface area contributed by atoms with Gasteiger partial charge in [-0.2, -0.15) is 10.2 Å². The average Bonchev–Trinajstić information content (AvgIpc) is 3.47. The lowest BCUT2D eigenvalue weighted by Gasteiger charge is -2.38. The van der Waals surface area contributed by atoms with Crippen LogP contribution >= 0.6 is 0 Å². The molecule has 2 amide bonds. The predicted octanol–water partition coefficient (Wildman–Crippen LogP) is 1.18. The van der Waals surface area contributed by atoms with Crippen molar-refractivity contribution in [1.29, 1.82) is 0 Å². The maximum atomic E-state index is 13.2. The monoisotopic (exact) mass is 516 g/mol. The minimum absolute atomic E-state index is 0.109. The Labute approximate surface area is 217 Å². The van der Waals surface area contributed by atoms with Crippen molar-refractivity contribution < 1.29 is 14.7 Å². The van der Waals surface area contributed by atoms with Gasteiger partial charge >= 0.3 is 0 Å². The van der Waals surface area contributed by atoms with Crippen molar-refractivity contribution in [2.45, 2.75) is 44.4 Å². The largest absolute Gasteiger partial charge is 0.388 e. The average molecular weight is 517 g/mol. The molecule has 0 bridgehead atoms. The molecule has 1 saturated carbocycles. The fraction of sp³-hybridized carbons (Fsp3) is 0.385. The van der Waals surface area contributed by atoms with Crippen LogP contribution in [0.4, 0.5) is 5.69 Å². The molecule has 0 unspecified atom stereocenters. The highest BCUT2D eigenvalue weighted by molar-refractivity contribution is 5.90. The number of amides is 2. The number of fused-ring (bicyclic) bond motifs is 1. The normalized spacial score (nSPS) is 17.0. The Balaban J connectivity index is 1.14. The number of rotatable bonds is 7. The SMILES string of the molecule is O=C(Cn1cccn1)Nc1ccc(-n2ncc3c(=O)n(CC4(O)CCN(C(=O)C5CC5)CC4)cnc32)cc1. The van der Waals surface area contributed by atoms with Gasteiger partial charge in [0.15, 0.2) is 5.65 Å². The van der Waals surface area contributed by atoms with Crippen LogP contribution in [0.15, 0.2) is 60.0 Å². The molecule has 4 heterocycles. The zero-order chi connectivity index (χ0) is 26.3. The Morgan fingerprint density at radius 2 is 1.87 bits per heavy atom. The van der Waals surface area contributed by atoms with Gasteiger partial charge in [0.25, 0.3) is 5.56 Å². The number of anilines is 1. The number of carbonyl (C=O) groups excluding carboxylic acids is 2. The maximum Gasteiger partial charge on any atom is 0.264 e. The summed E-state index contributed by atoms with van der Waals surface area (Å²) in [6.07, 6.45) is 9.00. The van der Waals surface area contributed by atoms with E-state index in [9.17, 15) is 19.5 Å². The van der Waals surface area contributed by atoms with E-state index in [1.54, 1.807) is 47.4 Å². The Morgan fingerprint density at radius 3 is 2.55 bits per heavy atom. The topological polar surface area (TPSA) is 140 Å². The van der Waals surface area contributed by atoms with Crippen molar-refractivity contribution in [1.82, 2.24) is 34.0 Å². The summed E-state index contributed by atoms with van der Waals surface area (Å²) in [5.74, 6) is 0.147. The highest BCUT2D eigenvalue weighted by Gasteiger charge is 2.39. The summed E-state index contributed by atoms with van der Waals surface area (Å²) < 4.78 is 4.52. The van der Waals surface area contributed by atoms with E-state index < -0.39 is 5.60 Å². The highest BCUT2D eigenvalue weighted by Crippen LogP contribution is 2.33. The van der Waals surface area contributed by atoms with E-state index in [0.29, 0.717) is 48.3 Å². The number of aromatic nitrogens is 6. The molecular formula is C26H28N8O4. The second-order valence-corrected chi connectivity index (χ2v) is 10.1. The summed E-state index contributed by atoms with van der Waals surface area (Å²) in [6, 6.07) is 8.82. The first kappa shape index (κ1) is 24.0. The molecule has 3 aromatic heterocycles. The standard InChI is InChI=1S/C26H28N8O4/c35-22(15-33-11-1-10-28-33)30-19-4-6-20(7-5-19)34-23-21(14-29-34)25(37)32(17-27-23)16-26(38)8-12-31(13-9-26)24(36)18-2-3-18/h1,4-7,10-11,14,17-18,38H,2-3,8-9,12-13,15-16H2,(H,30,35). The molecule has 12 heteroatoms. The molecule has 1 aliphatic carbocycles. The molecule has 2 N–H and O–H groups in total. The molecular weight excluding hydrogens is 488 g/mol. The summed E-state index contributed by atoms with van der Waals surface area (Å²) >= 11 is 0. The van der Waals surface area contributed by atoms with E-state index >= 15 is 0 Å². The molecule has 196 valence electrons. The number of carbonyl (C=O) groups is 2. The van der Waals surface area contributed by atoms with Crippen LogP contribution in [-0.4, -0.2) is 69.6 Å². The van der Waals surface area contributed by atoms with Gasteiger partial charge in [0.2, 0.25) is 11.8 Å². The van der Waals surface area contributed by atoms with Crippen LogP contribution in [0.5, 0.6) is 0 Å². The second-order valence-electron chi connectivity index (χ2n) is 10.1. The van der Waals surface area contributed by atoms with Crippen LogP contribution in [-0.2, 0) is 22.7 Å². The number of hydrogen-bond acceptors (Lipinski definition) is 7. The Bertz CT molecular complexity index is 1530. The maximum absolute atomic E-state index is 13.2. The van der Waals surface area contributed by atoms with Gasteiger partial charge in [-0.15, -0.1) is 0 Å². The van der Waals surface area contributed by atoms with E-state index in [-0.39, 0.29) is 36.4 Å². The van der Waals surface area contributed by atoms with Gasteiger partial charge < -0.3 is 15.3 Å². The fourth-order valence-corrected chi connectivity index (χ4v) is 4.88. The van der Waals surface area contributed by atoms with Gasteiger partial charge in [0.1, 0.15) is 18.3 Å². The van der Waals surface area contributed by atoms with Crippen LogP contribution in [0.3, 0.4) is 0 Å². The van der Waals surface area contributed by atoms with Crippen LogP contribution < -0.4 is 10.9 Å². The van der Waals surface area contributed by atoms with E-state index in [1.807, 2.05) is 4.90 Å². The number of benzene rings is 1. The van der Waals surface area contributed by atoms with Crippen molar-refractivity contribution in [3.8, 4) is 5.69 Å². The minimum atomic E-state index is -1.08. The predicted molar refractivity (Wildman–Crippen MR) is 137 cm³/mol. The van der Waals surface area contributed by atoms with Crippen molar-refractivity contribution >= 4 is 28.5 Å². The van der Waals surface area contributed by atoms with Crippen LogP contribution in [0, 0.1) is 5.92 Å². The van der Waals surface area contributed by atoms with Crippen molar-refractivity contribution in [3.05, 3.63) is 65.6 Å². The Kier molecular flexibility index (Phi) is 6.03. The first-order valence-corrected chi connectivity index (χ1v) is 12.7. The van der Waals surface area contributed by atoms with Gasteiger partial charge in [-0.3, -0.25) is 23.6 Å². The first-order valence-electron chi connectivity index (χ1n) is 12.7. The Morgan fingerprint density at radius 1 is 1.11 bits per heavy atom. The molecule has 4 aromatic rings. The molecule has 6 rings (SSSR count). The van der Waals surface area contributed by atoms with Gasteiger partial charge in [0.05, 0.1) is 24.0 Å². The third kappa shape index (κ3) is 4.82. The third-order valence-electron chi connectivity index (χ3n) is 7.21. The number of piperidine rings is 1. The molecule has 1 aromatic carbocycles. The number of aliphatic hydroxyl groups is 1. The van der Waals surface area contributed by atoms with Gasteiger partial charge in [-0.1, -0.05) is 0 Å². The number of hydrogen-bond donors (Lipinski definition) is 2. The third-order valence-corrected chi connectivity index (χ3v) is 7.21. The quantitative estimate of drug-likeness (QED) is 0.376. The molecule has 12 nitrogen and oxygen atoms in total. The first-order chi connectivity index (χ1) is 18.4. The summed E-state index contributed by atoms with van der Waals surface area (Å²) in [5.41, 5.74) is 0.344. The summed E-state index contributed by atoms with van der Waals surface area (Å²) in [7, 11) is 0. The highest BCUT2D eigenvalue weighted by atomic mass is 16.3. The lowest BCUT2D eigenvalue weighted by Crippen LogP contribution is -2.50. The lowest BCUT2D eigenvalue weighted by atomic mass is 9.91. The number of nitrogens with zero attached hydrogens (tertiary/aromatic N) is 7. The smallest absolute Gasteiger partial charge is 0.264 e. The molecule has 2 aliphatic rings. The molecule has 1 saturated heterocycles. The summed E-state index contributed by atoms with van der Waals surface area (Å²) in [6.45, 7) is 1.21. The minimum Gasteiger partial charge on any atom is -0.388 e. The molecule has 2 fully saturated rings. The zero-order valence-electron chi connectivity index (χ0n) is 20.7. The molecule has 38 heavy (non-hydrogen) atoms. The summed E-state index contributed by atoms with van der Waals surface area (Å²) in [5, 5.41) is 22.7. The summed E-state index contributed by atoms with van der Waals surface area (Å²) in [4.78, 5) is 44.0. The van der Waals surface area contributed by atoms with Crippen LogP contribution in [0.25, 0.3) is 16.7 Å². The fourth-order valence-electron chi connectivity index (χ4n) is 4.88. The van der Waals surface area contributed by atoms with E-state index in [4.69, 9.17) is 0 Å². The van der Waals surface area contributed by atoms with Crippen LogP contribution in [0.1, 0.15) is 25.7 Å². The van der Waals surface area contributed by atoms with Crippen molar-refractivity contribution in [3.63, 3.8) is 0 Å². The van der Waals surface area contributed by atoms with Gasteiger partial charge in [0, 0.05) is 37.1 Å². The Hall–Kier alpha value is -4.32. The molecule has 0 radical (unpaired) electrons. The van der Waals surface area contributed by atoms with Gasteiger partial charge in [-0.05, 0) is 56.0 Å². The van der Waals surface area contributed by atoms with E-state index in [2.05, 4.69) is 20.5 Å². The molecule has 0 spiro atoms. The lowest BCUT2D eigenvalue weighted by molar-refractivity contribution is -0.137. The number of nitrogens with one attached hydrogen (secondary N) is 1. The number of likely N-dealkylation sites (tertiary alicyclic amines) is 1. The molecule has 0 atom stereocenters. The zero-order valence-corrected chi connectivity index (χ0v) is 20.7. The van der Waals surface area contributed by atoms with E-state index in [0.717, 1.165) is 12.8 Å².